The molecular formula is C19H24N2O3S. The molecule has 0 aromatic carbocycles. The zero-order valence-corrected chi connectivity index (χ0v) is 15.6. The lowest BCUT2D eigenvalue weighted by molar-refractivity contribution is -0.0969. The Morgan fingerprint density at radius 2 is 1.92 bits per heavy atom. The highest BCUT2D eigenvalue weighted by atomic mass is 32.1. The third-order valence-corrected chi connectivity index (χ3v) is 6.42. The SMILES string of the molecule is Cc1sc(-n2cccc2)c(C(=O)N2CCCC(C3OCCO3)C2)c1C. The van der Waals surface area contributed by atoms with Gasteiger partial charge in [0.15, 0.2) is 6.29 Å². The number of nitrogens with zero attached hydrogens (tertiary/aromatic N) is 2. The van der Waals surface area contributed by atoms with E-state index in [0.29, 0.717) is 19.8 Å². The van der Waals surface area contributed by atoms with Crippen LogP contribution in [-0.2, 0) is 9.47 Å². The molecule has 25 heavy (non-hydrogen) atoms. The third kappa shape index (κ3) is 3.14. The average molecular weight is 360 g/mol. The van der Waals surface area contributed by atoms with Gasteiger partial charge in [0.05, 0.1) is 18.8 Å². The molecule has 4 heterocycles. The van der Waals surface area contributed by atoms with Gasteiger partial charge in [0.2, 0.25) is 0 Å². The lowest BCUT2D eigenvalue weighted by Gasteiger charge is -2.35. The van der Waals surface area contributed by atoms with E-state index >= 15 is 0 Å². The Hall–Kier alpha value is -1.63. The zero-order valence-electron chi connectivity index (χ0n) is 14.7. The molecule has 2 aliphatic heterocycles. The monoisotopic (exact) mass is 360 g/mol. The van der Waals surface area contributed by atoms with Crippen LogP contribution in [0.2, 0.25) is 0 Å². The van der Waals surface area contributed by atoms with E-state index in [4.69, 9.17) is 9.47 Å². The Labute approximate surface area is 152 Å². The van der Waals surface area contributed by atoms with E-state index in [1.54, 1.807) is 11.3 Å². The molecule has 5 nitrogen and oxygen atoms in total. The molecule has 1 amide bonds. The number of hydrogen-bond acceptors (Lipinski definition) is 4. The number of thiophene rings is 1. The van der Waals surface area contributed by atoms with Crippen molar-refractivity contribution in [3.05, 3.63) is 40.5 Å². The summed E-state index contributed by atoms with van der Waals surface area (Å²) in [5.74, 6) is 0.406. The van der Waals surface area contributed by atoms with Gasteiger partial charge < -0.3 is 18.9 Å². The van der Waals surface area contributed by atoms with Crippen molar-refractivity contribution in [3.8, 4) is 5.00 Å². The van der Waals surface area contributed by atoms with Gasteiger partial charge in [-0.05, 0) is 44.4 Å². The highest BCUT2D eigenvalue weighted by molar-refractivity contribution is 7.15. The van der Waals surface area contributed by atoms with Crippen LogP contribution in [0, 0.1) is 19.8 Å². The van der Waals surface area contributed by atoms with E-state index in [-0.39, 0.29) is 18.1 Å². The summed E-state index contributed by atoms with van der Waals surface area (Å²) in [5.41, 5.74) is 1.93. The van der Waals surface area contributed by atoms with E-state index in [0.717, 1.165) is 35.5 Å². The van der Waals surface area contributed by atoms with E-state index in [9.17, 15) is 4.79 Å². The first kappa shape index (κ1) is 16.8. The average Bonchev–Trinajstić information content (AvgIpc) is 3.37. The molecule has 0 bridgehead atoms. The molecule has 4 rings (SSSR count). The molecule has 2 aliphatic rings. The molecule has 0 aliphatic carbocycles. The maximum atomic E-state index is 13.3. The minimum Gasteiger partial charge on any atom is -0.350 e. The highest BCUT2D eigenvalue weighted by Crippen LogP contribution is 2.33. The topological polar surface area (TPSA) is 43.7 Å². The molecule has 1 atom stereocenters. The van der Waals surface area contributed by atoms with Crippen molar-refractivity contribution in [3.63, 3.8) is 0 Å². The van der Waals surface area contributed by atoms with Crippen molar-refractivity contribution in [2.24, 2.45) is 5.92 Å². The predicted octanol–water partition coefficient (Wildman–Crippen LogP) is 3.38. The van der Waals surface area contributed by atoms with E-state index in [2.05, 4.69) is 13.8 Å². The Bertz CT molecular complexity index is 747. The summed E-state index contributed by atoms with van der Waals surface area (Å²) in [6.45, 7) is 6.98. The van der Waals surface area contributed by atoms with Crippen molar-refractivity contribution in [1.29, 1.82) is 0 Å². The number of carbonyl (C=O) groups is 1. The van der Waals surface area contributed by atoms with Gasteiger partial charge in [-0.25, -0.2) is 0 Å². The van der Waals surface area contributed by atoms with Crippen molar-refractivity contribution in [2.75, 3.05) is 26.3 Å². The highest BCUT2D eigenvalue weighted by Gasteiger charge is 2.34. The van der Waals surface area contributed by atoms with Gasteiger partial charge in [-0.1, -0.05) is 0 Å². The number of rotatable bonds is 3. The minimum absolute atomic E-state index is 0.133. The second kappa shape index (κ2) is 6.94. The lowest BCUT2D eigenvalue weighted by Crippen LogP contribution is -2.44. The fourth-order valence-electron chi connectivity index (χ4n) is 3.74. The lowest BCUT2D eigenvalue weighted by atomic mass is 9.96. The first-order valence-electron chi connectivity index (χ1n) is 8.91. The standard InChI is InChI=1S/C19H24N2O3S/c1-13-14(2)25-18(20-7-3-4-8-20)16(13)17(22)21-9-5-6-15(12-21)19-23-10-11-24-19/h3-4,7-8,15,19H,5-6,9-12H2,1-2H3. The normalized spacial score (nSPS) is 21.8. The Morgan fingerprint density at radius 3 is 2.64 bits per heavy atom. The molecule has 2 aromatic heterocycles. The summed E-state index contributed by atoms with van der Waals surface area (Å²) >= 11 is 1.68. The number of hydrogen-bond donors (Lipinski definition) is 0. The van der Waals surface area contributed by atoms with Crippen LogP contribution >= 0.6 is 11.3 Å². The van der Waals surface area contributed by atoms with Crippen molar-refractivity contribution >= 4 is 17.2 Å². The molecule has 0 radical (unpaired) electrons. The smallest absolute Gasteiger partial charge is 0.257 e. The van der Waals surface area contributed by atoms with Crippen LogP contribution in [0.15, 0.2) is 24.5 Å². The Kier molecular flexibility index (Phi) is 4.67. The molecule has 134 valence electrons. The molecule has 0 saturated carbocycles. The van der Waals surface area contributed by atoms with Gasteiger partial charge in [0, 0.05) is 36.3 Å². The summed E-state index contributed by atoms with van der Waals surface area (Å²) in [7, 11) is 0. The second-order valence-electron chi connectivity index (χ2n) is 6.82. The second-order valence-corrected chi connectivity index (χ2v) is 8.02. The van der Waals surface area contributed by atoms with Crippen LogP contribution in [-0.4, -0.2) is 48.0 Å². The molecule has 0 spiro atoms. The predicted molar refractivity (Wildman–Crippen MR) is 97.4 cm³/mol. The van der Waals surface area contributed by atoms with Crippen molar-refractivity contribution in [2.45, 2.75) is 33.0 Å². The molecule has 2 saturated heterocycles. The van der Waals surface area contributed by atoms with Crippen LogP contribution in [0.1, 0.15) is 33.6 Å². The maximum absolute atomic E-state index is 13.3. The van der Waals surface area contributed by atoms with Gasteiger partial charge in [0.25, 0.3) is 5.91 Å². The number of piperidine rings is 1. The summed E-state index contributed by atoms with van der Waals surface area (Å²) in [4.78, 5) is 16.5. The van der Waals surface area contributed by atoms with Crippen molar-refractivity contribution < 1.29 is 14.3 Å². The number of carbonyl (C=O) groups excluding carboxylic acids is 1. The number of aromatic nitrogens is 1. The number of aryl methyl sites for hydroxylation is 1. The quantitative estimate of drug-likeness (QED) is 0.843. The van der Waals surface area contributed by atoms with Crippen molar-refractivity contribution in [1.82, 2.24) is 9.47 Å². The Balaban J connectivity index is 1.60. The van der Waals surface area contributed by atoms with E-state index in [1.165, 1.54) is 4.88 Å². The van der Waals surface area contributed by atoms with Crippen LogP contribution in [0.5, 0.6) is 0 Å². The molecule has 0 N–H and O–H groups in total. The van der Waals surface area contributed by atoms with E-state index in [1.807, 2.05) is 34.0 Å². The largest absolute Gasteiger partial charge is 0.350 e. The van der Waals surface area contributed by atoms with Gasteiger partial charge in [-0.15, -0.1) is 11.3 Å². The number of likely N-dealkylation sites (tertiary alicyclic amines) is 1. The fraction of sp³-hybridized carbons (Fsp3) is 0.526. The van der Waals surface area contributed by atoms with Crippen LogP contribution in [0.3, 0.4) is 0 Å². The maximum Gasteiger partial charge on any atom is 0.257 e. The van der Waals surface area contributed by atoms with Gasteiger partial charge in [-0.3, -0.25) is 4.79 Å². The number of amides is 1. The van der Waals surface area contributed by atoms with Gasteiger partial charge in [0.1, 0.15) is 5.00 Å². The minimum atomic E-state index is -0.148. The molecule has 6 heteroatoms. The summed E-state index contributed by atoms with van der Waals surface area (Å²) < 4.78 is 13.4. The first-order chi connectivity index (χ1) is 12.1. The molecule has 1 unspecified atom stereocenters. The molecule has 2 aromatic rings. The van der Waals surface area contributed by atoms with E-state index < -0.39 is 0 Å². The van der Waals surface area contributed by atoms with Gasteiger partial charge in [-0.2, -0.15) is 0 Å². The van der Waals surface area contributed by atoms with Gasteiger partial charge >= 0.3 is 0 Å². The third-order valence-electron chi connectivity index (χ3n) is 5.20. The fourth-order valence-corrected chi connectivity index (χ4v) is 4.85. The molecule has 2 fully saturated rings. The number of ether oxygens (including phenoxy) is 2. The van der Waals surface area contributed by atoms with Crippen LogP contribution < -0.4 is 0 Å². The summed E-state index contributed by atoms with van der Waals surface area (Å²) in [6, 6.07) is 3.98. The first-order valence-corrected chi connectivity index (χ1v) is 9.72. The zero-order chi connectivity index (χ0) is 17.4. The Morgan fingerprint density at radius 1 is 1.20 bits per heavy atom. The summed E-state index contributed by atoms with van der Waals surface area (Å²) in [6.07, 6.45) is 5.91. The molecular weight excluding hydrogens is 336 g/mol. The van der Waals surface area contributed by atoms with Crippen LogP contribution in [0.25, 0.3) is 5.00 Å². The van der Waals surface area contributed by atoms with Crippen LogP contribution in [0.4, 0.5) is 0 Å². The summed E-state index contributed by atoms with van der Waals surface area (Å²) in [5, 5.41) is 1.01.